The molecule has 0 aromatic rings. The maximum atomic E-state index is 12.4. The smallest absolute Gasteiger partial charge is 0.318 e. The molecule has 0 aromatic carbocycles. The minimum atomic E-state index is -1.10. The average Bonchev–Trinajstić information content (AvgIpc) is 2.37. The third-order valence-corrected chi connectivity index (χ3v) is 3.93. The molecule has 0 saturated heterocycles. The standard InChI is InChI=1S/C14H28N2O5/c1-13(2,11(17)18)14(3,4)15-12(19)16(7-9-20-5)8-10-21-6/h7-10H2,1-6H3,(H,15,19)(H,17,18). The van der Waals surface area contributed by atoms with Gasteiger partial charge in [0.05, 0.1) is 24.2 Å². The zero-order valence-electron chi connectivity index (χ0n) is 13.9. The fourth-order valence-electron chi connectivity index (χ4n) is 1.49. The highest BCUT2D eigenvalue weighted by Crippen LogP contribution is 2.30. The number of hydrogen-bond acceptors (Lipinski definition) is 4. The molecule has 0 aliphatic rings. The molecule has 0 saturated carbocycles. The van der Waals surface area contributed by atoms with E-state index in [0.717, 1.165) is 0 Å². The summed E-state index contributed by atoms with van der Waals surface area (Å²) in [5.74, 6) is -0.965. The first kappa shape index (κ1) is 19.7. The monoisotopic (exact) mass is 304 g/mol. The van der Waals surface area contributed by atoms with Gasteiger partial charge in [0.25, 0.3) is 0 Å². The van der Waals surface area contributed by atoms with Gasteiger partial charge in [-0.3, -0.25) is 4.79 Å². The maximum absolute atomic E-state index is 12.4. The molecule has 0 bridgehead atoms. The Morgan fingerprint density at radius 3 is 1.81 bits per heavy atom. The number of carbonyl (C=O) groups excluding carboxylic acids is 1. The molecule has 0 aliphatic carbocycles. The fraction of sp³-hybridized carbons (Fsp3) is 0.857. The van der Waals surface area contributed by atoms with Crippen molar-refractivity contribution in [1.82, 2.24) is 10.2 Å². The topological polar surface area (TPSA) is 88.1 Å². The molecule has 2 amide bonds. The molecule has 7 nitrogen and oxygen atoms in total. The van der Waals surface area contributed by atoms with E-state index in [1.807, 2.05) is 0 Å². The van der Waals surface area contributed by atoms with Crippen LogP contribution in [-0.2, 0) is 14.3 Å². The van der Waals surface area contributed by atoms with Crippen molar-refractivity contribution in [1.29, 1.82) is 0 Å². The lowest BCUT2D eigenvalue weighted by atomic mass is 9.74. The fourth-order valence-corrected chi connectivity index (χ4v) is 1.49. The summed E-state index contributed by atoms with van der Waals surface area (Å²) >= 11 is 0. The zero-order chi connectivity index (χ0) is 16.7. The Hall–Kier alpha value is -1.34. The van der Waals surface area contributed by atoms with Crippen molar-refractivity contribution >= 4 is 12.0 Å². The van der Waals surface area contributed by atoms with Crippen LogP contribution in [0.2, 0.25) is 0 Å². The molecule has 0 unspecified atom stereocenters. The second-order valence-corrected chi connectivity index (χ2v) is 5.96. The quantitative estimate of drug-likeness (QED) is 0.668. The summed E-state index contributed by atoms with van der Waals surface area (Å²) in [4.78, 5) is 25.3. The van der Waals surface area contributed by atoms with Crippen LogP contribution in [0.25, 0.3) is 0 Å². The minimum absolute atomic E-state index is 0.330. The van der Waals surface area contributed by atoms with E-state index in [9.17, 15) is 14.7 Å². The largest absolute Gasteiger partial charge is 0.481 e. The van der Waals surface area contributed by atoms with Crippen LogP contribution in [0.3, 0.4) is 0 Å². The Bertz CT molecular complexity index is 347. The Kier molecular flexibility index (Phi) is 7.67. The number of methoxy groups -OCH3 is 2. The highest BCUT2D eigenvalue weighted by atomic mass is 16.5. The normalized spacial score (nSPS) is 12.1. The average molecular weight is 304 g/mol. The summed E-state index contributed by atoms with van der Waals surface area (Å²) in [5.41, 5.74) is -2.01. The number of rotatable bonds is 9. The van der Waals surface area contributed by atoms with Gasteiger partial charge in [0.15, 0.2) is 0 Å². The van der Waals surface area contributed by atoms with Gasteiger partial charge in [0.2, 0.25) is 0 Å². The number of hydrogen-bond donors (Lipinski definition) is 2. The van der Waals surface area contributed by atoms with Gasteiger partial charge in [0.1, 0.15) is 0 Å². The minimum Gasteiger partial charge on any atom is -0.481 e. The van der Waals surface area contributed by atoms with Gasteiger partial charge in [0, 0.05) is 27.3 Å². The molecule has 7 heteroatoms. The number of carboxylic acids is 1. The highest BCUT2D eigenvalue weighted by molar-refractivity contribution is 5.79. The van der Waals surface area contributed by atoms with Crippen LogP contribution in [0.4, 0.5) is 4.79 Å². The van der Waals surface area contributed by atoms with E-state index in [1.54, 1.807) is 46.8 Å². The second-order valence-electron chi connectivity index (χ2n) is 5.96. The van der Waals surface area contributed by atoms with Gasteiger partial charge in [-0.1, -0.05) is 0 Å². The van der Waals surface area contributed by atoms with E-state index >= 15 is 0 Å². The lowest BCUT2D eigenvalue weighted by molar-refractivity contribution is -0.150. The Balaban J connectivity index is 4.90. The molecule has 0 aliphatic heterocycles. The highest BCUT2D eigenvalue weighted by Gasteiger charge is 2.44. The van der Waals surface area contributed by atoms with Gasteiger partial charge in [-0.05, 0) is 27.7 Å². The van der Waals surface area contributed by atoms with Crippen LogP contribution in [0.15, 0.2) is 0 Å². The van der Waals surface area contributed by atoms with E-state index in [-0.39, 0.29) is 6.03 Å². The van der Waals surface area contributed by atoms with E-state index in [4.69, 9.17) is 9.47 Å². The summed E-state index contributed by atoms with van der Waals surface area (Å²) in [6.07, 6.45) is 0. The molecule has 21 heavy (non-hydrogen) atoms. The molecule has 0 spiro atoms. The van der Waals surface area contributed by atoms with Crippen LogP contribution in [0, 0.1) is 5.41 Å². The SMILES string of the molecule is COCCN(CCOC)C(=O)NC(C)(C)C(C)(C)C(=O)O. The molecule has 0 fully saturated rings. The maximum Gasteiger partial charge on any atom is 0.318 e. The van der Waals surface area contributed by atoms with Crippen molar-refractivity contribution < 1.29 is 24.2 Å². The first-order valence-electron chi connectivity index (χ1n) is 6.88. The third-order valence-electron chi connectivity index (χ3n) is 3.93. The lowest BCUT2D eigenvalue weighted by Crippen LogP contribution is -2.60. The van der Waals surface area contributed by atoms with Crippen molar-refractivity contribution in [2.24, 2.45) is 5.41 Å². The number of urea groups is 1. The summed E-state index contributed by atoms with van der Waals surface area (Å²) in [5, 5.41) is 12.1. The number of amides is 2. The molecule has 0 radical (unpaired) electrons. The molecule has 0 aromatic heterocycles. The predicted octanol–water partition coefficient (Wildman–Crippen LogP) is 1.18. The van der Waals surface area contributed by atoms with Crippen molar-refractivity contribution in [3.05, 3.63) is 0 Å². The van der Waals surface area contributed by atoms with Gasteiger partial charge < -0.3 is 24.8 Å². The van der Waals surface area contributed by atoms with E-state index in [0.29, 0.717) is 26.3 Å². The predicted molar refractivity (Wildman–Crippen MR) is 79.4 cm³/mol. The van der Waals surface area contributed by atoms with Gasteiger partial charge >= 0.3 is 12.0 Å². The van der Waals surface area contributed by atoms with E-state index in [1.165, 1.54) is 0 Å². The number of carboxylic acid groups (broad SMARTS) is 1. The molecule has 124 valence electrons. The summed E-state index contributed by atoms with van der Waals surface area (Å²) < 4.78 is 9.96. The summed E-state index contributed by atoms with van der Waals surface area (Å²) in [7, 11) is 3.12. The molecular formula is C14H28N2O5. The van der Waals surface area contributed by atoms with Crippen molar-refractivity contribution in [2.45, 2.75) is 33.2 Å². The number of nitrogens with zero attached hydrogens (tertiary/aromatic N) is 1. The van der Waals surface area contributed by atoms with Crippen LogP contribution in [-0.4, -0.2) is 68.1 Å². The van der Waals surface area contributed by atoms with Crippen molar-refractivity contribution in [2.75, 3.05) is 40.5 Å². The van der Waals surface area contributed by atoms with Crippen LogP contribution in [0.1, 0.15) is 27.7 Å². The van der Waals surface area contributed by atoms with Crippen molar-refractivity contribution in [3.63, 3.8) is 0 Å². The van der Waals surface area contributed by atoms with Crippen LogP contribution < -0.4 is 5.32 Å². The van der Waals surface area contributed by atoms with E-state index < -0.39 is 16.9 Å². The Morgan fingerprint density at radius 2 is 1.48 bits per heavy atom. The molecule has 2 N–H and O–H groups in total. The first-order chi connectivity index (χ1) is 9.60. The van der Waals surface area contributed by atoms with Gasteiger partial charge in [-0.25, -0.2) is 4.79 Å². The van der Waals surface area contributed by atoms with Gasteiger partial charge in [-0.15, -0.1) is 0 Å². The van der Waals surface area contributed by atoms with Crippen LogP contribution >= 0.6 is 0 Å². The number of nitrogens with one attached hydrogen (secondary N) is 1. The summed E-state index contributed by atoms with van der Waals surface area (Å²) in [6, 6.07) is -0.330. The number of aliphatic carboxylic acids is 1. The molecular weight excluding hydrogens is 276 g/mol. The molecule has 0 heterocycles. The van der Waals surface area contributed by atoms with Crippen molar-refractivity contribution in [3.8, 4) is 0 Å². The first-order valence-corrected chi connectivity index (χ1v) is 6.88. The molecule has 0 rings (SSSR count). The Labute approximate surface area is 126 Å². The van der Waals surface area contributed by atoms with Crippen LogP contribution in [0.5, 0.6) is 0 Å². The Morgan fingerprint density at radius 1 is 1.05 bits per heavy atom. The number of ether oxygens (including phenoxy) is 2. The summed E-state index contributed by atoms with van der Waals surface area (Å²) in [6.45, 7) is 8.20. The number of carbonyl (C=O) groups is 2. The van der Waals surface area contributed by atoms with Gasteiger partial charge in [-0.2, -0.15) is 0 Å². The third kappa shape index (κ3) is 5.51. The zero-order valence-corrected chi connectivity index (χ0v) is 13.9. The molecule has 0 atom stereocenters. The van der Waals surface area contributed by atoms with E-state index in [2.05, 4.69) is 5.32 Å². The lowest BCUT2D eigenvalue weighted by Gasteiger charge is -2.40. The second kappa shape index (κ2) is 8.19.